The predicted octanol–water partition coefficient (Wildman–Crippen LogP) is 1.85. The highest BCUT2D eigenvalue weighted by Crippen LogP contribution is 2.20. The van der Waals surface area contributed by atoms with Crippen LogP contribution in [-0.4, -0.2) is 43.0 Å². The molecule has 0 N–H and O–H groups in total. The third kappa shape index (κ3) is 2.76. The Hall–Kier alpha value is -1.65. The van der Waals surface area contributed by atoms with Crippen LogP contribution in [-0.2, 0) is 6.54 Å². The first kappa shape index (κ1) is 13.3. The van der Waals surface area contributed by atoms with Gasteiger partial charge in [0.05, 0.1) is 0 Å². The van der Waals surface area contributed by atoms with Crippen molar-refractivity contribution in [2.24, 2.45) is 0 Å². The van der Waals surface area contributed by atoms with Gasteiger partial charge in [0, 0.05) is 44.2 Å². The molecule has 0 amide bonds. The molecule has 0 bridgehead atoms. The summed E-state index contributed by atoms with van der Waals surface area (Å²) in [6.45, 7) is 7.08. The van der Waals surface area contributed by atoms with Gasteiger partial charge >= 0.3 is 5.63 Å². The number of hydrogen-bond acceptors (Lipinski definition) is 4. The van der Waals surface area contributed by atoms with Crippen LogP contribution < -0.4 is 5.63 Å². The summed E-state index contributed by atoms with van der Waals surface area (Å²) in [5.41, 5.74) is 2.62. The van der Waals surface area contributed by atoms with Crippen molar-refractivity contribution in [1.82, 2.24) is 9.80 Å². The second kappa shape index (κ2) is 5.38. The predicted molar refractivity (Wildman–Crippen MR) is 80.0 cm³/mol. The zero-order valence-corrected chi connectivity index (χ0v) is 12.1. The van der Waals surface area contributed by atoms with Crippen LogP contribution in [0.5, 0.6) is 0 Å². The van der Waals surface area contributed by atoms with Gasteiger partial charge in [-0.1, -0.05) is 12.1 Å². The average molecular weight is 272 g/mol. The van der Waals surface area contributed by atoms with Gasteiger partial charge in [-0.05, 0) is 31.2 Å². The maximum Gasteiger partial charge on any atom is 0.336 e. The Bertz CT molecular complexity index is 670. The van der Waals surface area contributed by atoms with Crippen molar-refractivity contribution in [3.63, 3.8) is 0 Å². The molecule has 0 unspecified atom stereocenters. The lowest BCUT2D eigenvalue weighted by atomic mass is 10.1. The number of fused-ring (bicyclic) bond motifs is 1. The highest BCUT2D eigenvalue weighted by molar-refractivity contribution is 5.80. The monoisotopic (exact) mass is 272 g/mol. The first-order valence-corrected chi connectivity index (χ1v) is 7.06. The SMILES string of the molecule is Cc1ccc2c(CN3CCN(C)CC3)cc(=O)oc2c1. The molecule has 0 spiro atoms. The maximum absolute atomic E-state index is 11.7. The lowest BCUT2D eigenvalue weighted by Gasteiger charge is -2.32. The van der Waals surface area contributed by atoms with Gasteiger partial charge in [-0.2, -0.15) is 0 Å². The fraction of sp³-hybridized carbons (Fsp3) is 0.438. The van der Waals surface area contributed by atoms with E-state index in [1.807, 2.05) is 13.0 Å². The molecule has 0 saturated carbocycles. The quantitative estimate of drug-likeness (QED) is 0.782. The van der Waals surface area contributed by atoms with E-state index in [2.05, 4.69) is 29.0 Å². The molecule has 1 fully saturated rings. The highest BCUT2D eigenvalue weighted by atomic mass is 16.4. The fourth-order valence-corrected chi connectivity index (χ4v) is 2.71. The maximum atomic E-state index is 11.7. The van der Waals surface area contributed by atoms with Crippen LogP contribution in [0, 0.1) is 6.92 Å². The van der Waals surface area contributed by atoms with E-state index in [9.17, 15) is 4.79 Å². The topological polar surface area (TPSA) is 36.7 Å². The molecule has 0 aliphatic carbocycles. The summed E-state index contributed by atoms with van der Waals surface area (Å²) in [6, 6.07) is 7.69. The van der Waals surface area contributed by atoms with E-state index in [1.54, 1.807) is 6.07 Å². The standard InChI is InChI=1S/C16H20N2O2/c1-12-3-4-14-13(10-16(19)20-15(14)9-12)11-18-7-5-17(2)6-8-18/h3-4,9-10H,5-8,11H2,1-2H3. The number of nitrogens with zero attached hydrogens (tertiary/aromatic N) is 2. The summed E-state index contributed by atoms with van der Waals surface area (Å²) in [5, 5.41) is 1.05. The Labute approximate surface area is 118 Å². The van der Waals surface area contributed by atoms with E-state index in [4.69, 9.17) is 4.42 Å². The molecule has 0 atom stereocenters. The molecule has 1 aromatic carbocycles. The lowest BCUT2D eigenvalue weighted by Crippen LogP contribution is -2.43. The molecule has 2 aromatic rings. The zero-order chi connectivity index (χ0) is 14.1. The highest BCUT2D eigenvalue weighted by Gasteiger charge is 2.15. The Morgan fingerprint density at radius 2 is 1.90 bits per heavy atom. The summed E-state index contributed by atoms with van der Waals surface area (Å²) >= 11 is 0. The molecular weight excluding hydrogens is 252 g/mol. The summed E-state index contributed by atoms with van der Waals surface area (Å²) in [6.07, 6.45) is 0. The minimum absolute atomic E-state index is 0.257. The number of benzene rings is 1. The summed E-state index contributed by atoms with van der Waals surface area (Å²) in [5.74, 6) is 0. The smallest absolute Gasteiger partial charge is 0.336 e. The normalized spacial score (nSPS) is 17.7. The fourth-order valence-electron chi connectivity index (χ4n) is 2.71. The van der Waals surface area contributed by atoms with Crippen molar-refractivity contribution in [1.29, 1.82) is 0 Å². The number of hydrogen-bond donors (Lipinski definition) is 0. The minimum atomic E-state index is -0.257. The molecule has 2 heterocycles. The Morgan fingerprint density at radius 1 is 1.15 bits per heavy atom. The molecule has 1 aromatic heterocycles. The first-order valence-electron chi connectivity index (χ1n) is 7.06. The molecule has 1 saturated heterocycles. The Kier molecular flexibility index (Phi) is 3.59. The van der Waals surface area contributed by atoms with Crippen LogP contribution in [0.15, 0.2) is 33.5 Å². The Morgan fingerprint density at radius 3 is 2.65 bits per heavy atom. The van der Waals surface area contributed by atoms with Crippen LogP contribution in [0.25, 0.3) is 11.0 Å². The number of piperazine rings is 1. The molecule has 106 valence electrons. The molecular formula is C16H20N2O2. The molecule has 0 radical (unpaired) electrons. The summed E-state index contributed by atoms with van der Waals surface area (Å²) < 4.78 is 5.31. The number of rotatable bonds is 2. The largest absolute Gasteiger partial charge is 0.423 e. The van der Waals surface area contributed by atoms with Crippen LogP contribution in [0.2, 0.25) is 0 Å². The van der Waals surface area contributed by atoms with Crippen molar-refractivity contribution in [3.8, 4) is 0 Å². The van der Waals surface area contributed by atoms with Crippen LogP contribution in [0.4, 0.5) is 0 Å². The summed E-state index contributed by atoms with van der Waals surface area (Å²) in [4.78, 5) is 16.4. The molecule has 20 heavy (non-hydrogen) atoms. The summed E-state index contributed by atoms with van der Waals surface area (Å²) in [7, 11) is 2.15. The van der Waals surface area contributed by atoms with E-state index in [0.29, 0.717) is 5.58 Å². The van der Waals surface area contributed by atoms with E-state index >= 15 is 0 Å². The van der Waals surface area contributed by atoms with Gasteiger partial charge in [-0.15, -0.1) is 0 Å². The van der Waals surface area contributed by atoms with Gasteiger partial charge in [-0.3, -0.25) is 4.90 Å². The van der Waals surface area contributed by atoms with Crippen LogP contribution in [0.3, 0.4) is 0 Å². The van der Waals surface area contributed by atoms with E-state index < -0.39 is 0 Å². The van der Waals surface area contributed by atoms with Gasteiger partial charge in [0.1, 0.15) is 5.58 Å². The van der Waals surface area contributed by atoms with Gasteiger partial charge < -0.3 is 9.32 Å². The third-order valence-electron chi connectivity index (χ3n) is 3.98. The molecule has 4 heteroatoms. The van der Waals surface area contributed by atoms with Gasteiger partial charge in [-0.25, -0.2) is 4.79 Å². The second-order valence-electron chi connectivity index (χ2n) is 5.67. The van der Waals surface area contributed by atoms with Crippen LogP contribution >= 0.6 is 0 Å². The van der Waals surface area contributed by atoms with Crippen LogP contribution in [0.1, 0.15) is 11.1 Å². The minimum Gasteiger partial charge on any atom is -0.423 e. The van der Waals surface area contributed by atoms with Gasteiger partial charge in [0.25, 0.3) is 0 Å². The molecule has 3 rings (SSSR count). The van der Waals surface area contributed by atoms with Crippen molar-refractivity contribution in [2.75, 3.05) is 33.2 Å². The van der Waals surface area contributed by atoms with Crippen molar-refractivity contribution in [3.05, 3.63) is 45.8 Å². The zero-order valence-electron chi connectivity index (χ0n) is 12.1. The van der Waals surface area contributed by atoms with Gasteiger partial charge in [0.15, 0.2) is 0 Å². The van der Waals surface area contributed by atoms with E-state index in [0.717, 1.165) is 49.2 Å². The Balaban J connectivity index is 1.92. The van der Waals surface area contributed by atoms with E-state index in [-0.39, 0.29) is 5.63 Å². The van der Waals surface area contributed by atoms with Crippen molar-refractivity contribution < 1.29 is 4.42 Å². The van der Waals surface area contributed by atoms with Crippen molar-refractivity contribution >= 4 is 11.0 Å². The third-order valence-corrected chi connectivity index (χ3v) is 3.98. The molecule has 1 aliphatic heterocycles. The number of aryl methyl sites for hydroxylation is 1. The molecule has 1 aliphatic rings. The lowest BCUT2D eigenvalue weighted by molar-refractivity contribution is 0.148. The van der Waals surface area contributed by atoms with E-state index in [1.165, 1.54) is 0 Å². The average Bonchev–Trinajstić information content (AvgIpc) is 2.40. The number of likely N-dealkylation sites (N-methyl/N-ethyl adjacent to an activating group) is 1. The second-order valence-corrected chi connectivity index (χ2v) is 5.67. The first-order chi connectivity index (χ1) is 9.61. The van der Waals surface area contributed by atoms with Gasteiger partial charge in [0.2, 0.25) is 0 Å². The van der Waals surface area contributed by atoms with Crippen molar-refractivity contribution in [2.45, 2.75) is 13.5 Å². The molecule has 4 nitrogen and oxygen atoms in total.